The molecule has 0 N–H and O–H groups in total. The van der Waals surface area contributed by atoms with Crippen molar-refractivity contribution in [2.45, 2.75) is 7.59 Å². The van der Waals surface area contributed by atoms with Gasteiger partial charge in [0.25, 0.3) is 0 Å². The third kappa shape index (κ3) is 5.26. The van der Waals surface area contributed by atoms with Gasteiger partial charge in [0.1, 0.15) is 0 Å². The quantitative estimate of drug-likeness (QED) is 0.274. The van der Waals surface area contributed by atoms with Crippen molar-refractivity contribution in [1.29, 1.82) is 0 Å². The second-order valence-corrected chi connectivity index (χ2v) is 26.2. The second kappa shape index (κ2) is 10.1. The molecule has 3 aromatic rings. The molecule has 0 aliphatic heterocycles. The average molecular weight is 765 g/mol. The molecule has 0 bridgehead atoms. The summed E-state index contributed by atoms with van der Waals surface area (Å²) in [7, 11) is 0. The summed E-state index contributed by atoms with van der Waals surface area (Å²) in [5, 5.41) is 0. The molecule has 0 spiro atoms. The number of carbonyl (C=O) groups excluding carboxylic acids is 2. The van der Waals surface area contributed by atoms with Crippen LogP contribution >= 0.6 is 69.6 Å². The first-order valence-corrected chi connectivity index (χ1v) is 19.5. The van der Waals surface area contributed by atoms with Crippen LogP contribution in [0.2, 0.25) is 0 Å². The predicted molar refractivity (Wildman–Crippen MR) is 137 cm³/mol. The molecule has 3 aromatic carbocycles. The van der Waals surface area contributed by atoms with Crippen LogP contribution in [-0.2, 0) is 15.2 Å². The average Bonchev–Trinajstić information content (AvgIpc) is 2.79. The van der Waals surface area contributed by atoms with Gasteiger partial charge >= 0.3 is 225 Å². The molecule has 174 valence electrons. The van der Waals surface area contributed by atoms with Gasteiger partial charge in [-0.05, 0) is 0 Å². The van der Waals surface area contributed by atoms with Gasteiger partial charge in [0.05, 0.1) is 0 Å². The minimum atomic E-state index is -6.43. The van der Waals surface area contributed by atoms with Gasteiger partial charge in [0.2, 0.25) is 0 Å². The van der Waals surface area contributed by atoms with E-state index >= 15 is 0 Å². The maximum absolute atomic E-state index is 13.2. The summed E-state index contributed by atoms with van der Waals surface area (Å²) >= 11 is 29.0. The van der Waals surface area contributed by atoms with Crippen LogP contribution < -0.4 is 9.81 Å². The zero-order valence-corrected chi connectivity index (χ0v) is 24.5. The van der Waals surface area contributed by atoms with Crippen LogP contribution in [0.15, 0.2) is 91.0 Å². The normalized spacial score (nSPS) is 13.5. The third-order valence-corrected chi connectivity index (χ3v) is 24.0. The molecule has 0 saturated heterocycles. The Hall–Kier alpha value is -0.777. The molecule has 0 heterocycles. The molecule has 0 radical (unpaired) electrons. The molecule has 33 heavy (non-hydrogen) atoms. The number of benzene rings is 3. The summed E-state index contributed by atoms with van der Waals surface area (Å²) in [6.07, 6.45) is 0. The molecule has 0 fully saturated rings. The van der Waals surface area contributed by atoms with Crippen molar-refractivity contribution in [3.8, 4) is 0 Å². The minimum absolute atomic E-state index is 0.381. The second-order valence-electron chi connectivity index (χ2n) is 6.72. The molecule has 4 nitrogen and oxygen atoms in total. The van der Waals surface area contributed by atoms with Crippen LogP contribution in [0.3, 0.4) is 0 Å². The summed E-state index contributed by atoms with van der Waals surface area (Å²) in [5.74, 6) is -2.48. The fourth-order valence-electron chi connectivity index (χ4n) is 3.30. The van der Waals surface area contributed by atoms with Crippen LogP contribution in [0.4, 0.5) is 0 Å². The van der Waals surface area contributed by atoms with Gasteiger partial charge in [-0.1, -0.05) is 0 Å². The first kappa shape index (κ1) is 26.8. The summed E-state index contributed by atoms with van der Waals surface area (Å²) < 4.78 is 8.52. The van der Waals surface area contributed by atoms with Crippen molar-refractivity contribution in [3.63, 3.8) is 0 Å². The zero-order valence-electron chi connectivity index (χ0n) is 16.5. The molecule has 0 aromatic heterocycles. The Balaban J connectivity index is 2.56. The van der Waals surface area contributed by atoms with E-state index in [4.69, 9.17) is 75.2 Å². The molecular formula is C22H15BiCl6O4. The SMILES string of the molecule is O=C([O][Bi]([O]C(=O)C(Cl)(Cl)Cl)([c]1ccccc1)([c]1ccccc1)[c]1ccccc1)C(Cl)(Cl)Cl. The number of carbonyl (C=O) groups is 2. The summed E-state index contributed by atoms with van der Waals surface area (Å²) in [4.78, 5) is 26.4. The first-order valence-electron chi connectivity index (χ1n) is 9.22. The third-order valence-electron chi connectivity index (χ3n) is 4.65. The van der Waals surface area contributed by atoms with Gasteiger partial charge < -0.3 is 0 Å². The predicted octanol–water partition coefficient (Wildman–Crippen LogP) is 4.93. The van der Waals surface area contributed by atoms with Crippen LogP contribution in [-0.4, -0.2) is 39.2 Å². The fourth-order valence-corrected chi connectivity index (χ4v) is 22.8. The molecule has 0 atom stereocenters. The van der Waals surface area contributed by atoms with Crippen LogP contribution in [0, 0.1) is 0 Å². The first-order chi connectivity index (χ1) is 15.4. The van der Waals surface area contributed by atoms with Gasteiger partial charge in [-0.25, -0.2) is 0 Å². The number of hydrogen-bond donors (Lipinski definition) is 0. The van der Waals surface area contributed by atoms with E-state index in [1.165, 1.54) is 0 Å². The Kier molecular flexibility index (Phi) is 8.18. The van der Waals surface area contributed by atoms with E-state index in [1.807, 2.05) is 0 Å². The molecule has 0 unspecified atom stereocenters. The van der Waals surface area contributed by atoms with Crippen molar-refractivity contribution in [2.75, 3.05) is 0 Å². The van der Waals surface area contributed by atoms with Crippen molar-refractivity contribution in [2.24, 2.45) is 0 Å². The number of alkyl halides is 6. The summed E-state index contributed by atoms with van der Waals surface area (Å²) in [6, 6.07) is 25.4. The maximum atomic E-state index is 13.2. The van der Waals surface area contributed by atoms with Crippen LogP contribution in [0.25, 0.3) is 0 Å². The Morgan fingerprint density at radius 1 is 0.515 bits per heavy atom. The molecular weight excluding hydrogens is 750 g/mol. The Morgan fingerprint density at radius 3 is 0.970 bits per heavy atom. The van der Waals surface area contributed by atoms with Gasteiger partial charge in [0, 0.05) is 0 Å². The topological polar surface area (TPSA) is 52.6 Å². The van der Waals surface area contributed by atoms with Crippen molar-refractivity contribution < 1.29 is 15.2 Å². The van der Waals surface area contributed by atoms with Crippen molar-refractivity contribution in [1.82, 2.24) is 0 Å². The number of hydrogen-bond acceptors (Lipinski definition) is 4. The van der Waals surface area contributed by atoms with E-state index < -0.39 is 39.2 Å². The van der Waals surface area contributed by atoms with Crippen molar-refractivity contribution in [3.05, 3.63) is 91.0 Å². The fraction of sp³-hybridized carbons (Fsp3) is 0.0909. The molecule has 0 amide bonds. The van der Waals surface area contributed by atoms with Gasteiger partial charge in [0.15, 0.2) is 0 Å². The number of halogens is 6. The monoisotopic (exact) mass is 762 g/mol. The zero-order chi connectivity index (χ0) is 24.4. The van der Waals surface area contributed by atoms with E-state index in [9.17, 15) is 9.59 Å². The Bertz CT molecular complexity index is 1000. The van der Waals surface area contributed by atoms with E-state index in [0.29, 0.717) is 9.81 Å². The van der Waals surface area contributed by atoms with Crippen LogP contribution in [0.1, 0.15) is 0 Å². The molecule has 0 aliphatic rings. The van der Waals surface area contributed by atoms with Gasteiger partial charge in [-0.15, -0.1) is 0 Å². The van der Waals surface area contributed by atoms with E-state index in [1.54, 1.807) is 91.0 Å². The van der Waals surface area contributed by atoms with Crippen molar-refractivity contribution >= 4 is 111 Å². The molecule has 11 heteroatoms. The van der Waals surface area contributed by atoms with Gasteiger partial charge in [-0.3, -0.25) is 0 Å². The standard InChI is InChI=1S/3C6H5.2C2HCl3O2.Bi/c3*1-2-4-6-5-3-1;2*3-2(4,5)1(6)7;/h3*1-5H;2*(H,6,7);/q;;;;;+2/p-2. The molecule has 0 saturated carbocycles. The van der Waals surface area contributed by atoms with E-state index in [0.717, 1.165) is 0 Å². The van der Waals surface area contributed by atoms with Crippen LogP contribution in [0.5, 0.6) is 0 Å². The Labute approximate surface area is 222 Å². The van der Waals surface area contributed by atoms with Gasteiger partial charge in [-0.2, -0.15) is 0 Å². The molecule has 3 rings (SSSR count). The molecule has 0 aliphatic carbocycles. The number of rotatable bonds is 5. The van der Waals surface area contributed by atoms with E-state index in [-0.39, 0.29) is 0 Å². The van der Waals surface area contributed by atoms with E-state index in [2.05, 4.69) is 0 Å². The summed E-state index contributed by atoms with van der Waals surface area (Å²) in [5.41, 5.74) is 0. The Morgan fingerprint density at radius 2 is 0.758 bits per heavy atom. The summed E-state index contributed by atoms with van der Waals surface area (Å²) in [6.45, 7) is 0.